The van der Waals surface area contributed by atoms with Crippen molar-refractivity contribution in [1.82, 2.24) is 0 Å². The van der Waals surface area contributed by atoms with E-state index in [2.05, 4.69) is 0 Å². The number of phenolic OH excluding ortho intramolecular Hbond substituents is 1. The van der Waals surface area contributed by atoms with Gasteiger partial charge in [0, 0.05) is 31.6 Å². The van der Waals surface area contributed by atoms with E-state index in [4.69, 9.17) is 37.3 Å². The smallest absolute Gasteiger partial charge is 0.312 e. The van der Waals surface area contributed by atoms with Gasteiger partial charge in [0.15, 0.2) is 11.2 Å². The molecule has 1 saturated heterocycles. The number of aliphatic hydroxyl groups is 2. The molecule has 14 nitrogen and oxygen atoms in total. The number of ether oxygens (including phenoxy) is 7. The number of hydrogen-bond donors (Lipinski definition) is 3. The normalized spacial score (nSPS) is 30.6. The molecule has 264 valence electrons. The summed E-state index contributed by atoms with van der Waals surface area (Å²) in [4.78, 5) is 13.4. The highest BCUT2D eigenvalue weighted by Crippen LogP contribution is 2.70. The highest BCUT2D eigenvalue weighted by atomic mass is 32.2. The Bertz CT molecular complexity index is 1770. The van der Waals surface area contributed by atoms with Crippen LogP contribution in [0.15, 0.2) is 66.7 Å². The first kappa shape index (κ1) is 34.9. The molecule has 3 N–H and O–H groups in total. The van der Waals surface area contributed by atoms with Crippen LogP contribution in [-0.2, 0) is 49.2 Å². The molecule has 2 heterocycles. The van der Waals surface area contributed by atoms with Crippen molar-refractivity contribution in [3.63, 3.8) is 0 Å². The number of rotatable bonds is 11. The molecule has 1 saturated carbocycles. The topological polar surface area (TPSA) is 186 Å². The summed E-state index contributed by atoms with van der Waals surface area (Å²) >= 11 is 0. The van der Waals surface area contributed by atoms with Gasteiger partial charge in [-0.3, -0.25) is 8.98 Å². The van der Waals surface area contributed by atoms with Crippen LogP contribution in [0, 0.1) is 5.92 Å². The lowest BCUT2D eigenvalue weighted by Crippen LogP contribution is -2.52. The predicted molar refractivity (Wildman–Crippen MR) is 169 cm³/mol. The lowest BCUT2D eigenvalue weighted by molar-refractivity contribution is -0.313. The lowest BCUT2D eigenvalue weighted by atomic mass is 9.70. The molecule has 2 fully saturated rings. The number of methoxy groups -OCH3 is 3. The summed E-state index contributed by atoms with van der Waals surface area (Å²) in [6.45, 7) is -0.0441. The molecule has 3 aromatic carbocycles. The van der Waals surface area contributed by atoms with E-state index in [0.717, 1.165) is 6.26 Å². The van der Waals surface area contributed by atoms with Gasteiger partial charge in [0.25, 0.3) is 16.4 Å². The summed E-state index contributed by atoms with van der Waals surface area (Å²) in [6.07, 6.45) is -3.32. The zero-order valence-corrected chi connectivity index (χ0v) is 28.0. The third-order valence-electron chi connectivity index (χ3n) is 9.19. The summed E-state index contributed by atoms with van der Waals surface area (Å²) in [5.41, 5.74) is -3.15. The number of benzene rings is 3. The third-order valence-corrected chi connectivity index (χ3v) is 9.78. The molecular weight excluding hydrogens is 664 g/mol. The standard InChI is InChI=1S/C34H38O14S/c1-41-24-16-23(47-32-31(43-3)44-18-22(46-32)14-15-45-49(4,39)40)17-25-28(24)33(38)29(36)26(30(37)42-2)27(19-8-6-5-7-9-19)34(33,48-25)20-10-12-21(35)13-11-20/h5-13,16-17,22,26-27,29,31-32,35-36,38H,14-15,18H2,1-4H3/t22-,26+,27+,29+,31+,32?,33-,34-/m0/s1. The van der Waals surface area contributed by atoms with E-state index in [1.54, 1.807) is 42.5 Å². The van der Waals surface area contributed by atoms with Gasteiger partial charge < -0.3 is 48.5 Å². The van der Waals surface area contributed by atoms with Crippen molar-refractivity contribution in [2.75, 3.05) is 40.8 Å². The van der Waals surface area contributed by atoms with E-state index >= 15 is 0 Å². The minimum absolute atomic E-state index is 0.0459. The molecule has 3 aromatic rings. The largest absolute Gasteiger partial charge is 0.508 e. The van der Waals surface area contributed by atoms with E-state index in [0.29, 0.717) is 11.1 Å². The van der Waals surface area contributed by atoms with E-state index in [9.17, 15) is 28.5 Å². The second kappa shape index (κ2) is 13.4. The maximum Gasteiger partial charge on any atom is 0.312 e. The first-order valence-electron chi connectivity index (χ1n) is 15.4. The van der Waals surface area contributed by atoms with Crippen molar-refractivity contribution >= 4 is 16.1 Å². The Balaban J connectivity index is 1.44. The average Bonchev–Trinajstić information content (AvgIpc) is 3.46. The summed E-state index contributed by atoms with van der Waals surface area (Å²) in [7, 11) is 0.332. The first-order valence-corrected chi connectivity index (χ1v) is 17.2. The maximum atomic E-state index is 13.4. The zero-order chi connectivity index (χ0) is 35.1. The second-order valence-electron chi connectivity index (χ2n) is 12.0. The van der Waals surface area contributed by atoms with Crippen LogP contribution in [0.25, 0.3) is 0 Å². The molecule has 0 radical (unpaired) electrons. The Morgan fingerprint density at radius 1 is 1.02 bits per heavy atom. The second-order valence-corrected chi connectivity index (χ2v) is 13.7. The Hall–Kier alpha value is -3.96. The fourth-order valence-electron chi connectivity index (χ4n) is 7.17. The number of aromatic hydroxyl groups is 1. The third kappa shape index (κ3) is 5.98. The molecule has 1 unspecified atom stereocenters. The van der Waals surface area contributed by atoms with E-state index in [-0.39, 0.29) is 48.2 Å². The lowest BCUT2D eigenvalue weighted by Gasteiger charge is -2.40. The zero-order valence-electron chi connectivity index (χ0n) is 27.2. The van der Waals surface area contributed by atoms with Gasteiger partial charge in [-0.15, -0.1) is 0 Å². The van der Waals surface area contributed by atoms with Crippen LogP contribution >= 0.6 is 0 Å². The van der Waals surface area contributed by atoms with Gasteiger partial charge in [0.1, 0.15) is 29.1 Å². The molecule has 0 bridgehead atoms. The highest BCUT2D eigenvalue weighted by Gasteiger charge is 2.78. The molecule has 49 heavy (non-hydrogen) atoms. The summed E-state index contributed by atoms with van der Waals surface area (Å²) in [5, 5.41) is 35.2. The van der Waals surface area contributed by atoms with Gasteiger partial charge in [-0.25, -0.2) is 0 Å². The fourth-order valence-corrected chi connectivity index (χ4v) is 7.57. The molecule has 6 rings (SSSR count). The van der Waals surface area contributed by atoms with Crippen LogP contribution in [-0.4, -0.2) is 95.3 Å². The number of carbonyl (C=O) groups excluding carboxylic acids is 1. The van der Waals surface area contributed by atoms with E-state index < -0.39 is 63.9 Å². The van der Waals surface area contributed by atoms with Crippen molar-refractivity contribution in [3.8, 4) is 23.0 Å². The summed E-state index contributed by atoms with van der Waals surface area (Å²) in [6, 6.07) is 17.8. The SMILES string of the molecule is COC(=O)[C@H]1[C@@H](O)[C@@]2(O)c3c(OC)cc(OC4O[C@@H](CCOS(C)(=O)=O)CO[C@H]4OC)cc3O[C@@]2(c2ccc(O)cc2)[C@@H]1c1ccccc1. The van der Waals surface area contributed by atoms with Crippen molar-refractivity contribution in [2.45, 2.75) is 48.3 Å². The Labute approximate surface area is 283 Å². The average molecular weight is 703 g/mol. The summed E-state index contributed by atoms with van der Waals surface area (Å²) in [5.74, 6) is -2.81. The Morgan fingerprint density at radius 3 is 2.37 bits per heavy atom. The highest BCUT2D eigenvalue weighted by molar-refractivity contribution is 7.85. The van der Waals surface area contributed by atoms with Crippen molar-refractivity contribution in [3.05, 3.63) is 83.4 Å². The van der Waals surface area contributed by atoms with Gasteiger partial charge in [0.05, 0.1) is 51.3 Å². The molecule has 1 aliphatic carbocycles. The number of carbonyl (C=O) groups is 1. The van der Waals surface area contributed by atoms with Crippen molar-refractivity contribution in [2.24, 2.45) is 5.92 Å². The molecular formula is C34H38O14S. The monoisotopic (exact) mass is 702 g/mol. The quantitative estimate of drug-likeness (QED) is 0.195. The molecule has 0 amide bonds. The molecule has 15 heteroatoms. The van der Waals surface area contributed by atoms with Crippen LogP contribution in [0.5, 0.6) is 23.0 Å². The number of hydrogen-bond acceptors (Lipinski definition) is 14. The van der Waals surface area contributed by atoms with Gasteiger partial charge in [-0.05, 0) is 23.3 Å². The van der Waals surface area contributed by atoms with Gasteiger partial charge >= 0.3 is 5.97 Å². The van der Waals surface area contributed by atoms with Crippen LogP contribution in [0.3, 0.4) is 0 Å². The Morgan fingerprint density at radius 2 is 1.73 bits per heavy atom. The van der Waals surface area contributed by atoms with E-state index in [1.165, 1.54) is 45.6 Å². The van der Waals surface area contributed by atoms with Crippen molar-refractivity contribution in [1.29, 1.82) is 0 Å². The summed E-state index contributed by atoms with van der Waals surface area (Å²) < 4.78 is 68.8. The van der Waals surface area contributed by atoms with Gasteiger partial charge in [-0.2, -0.15) is 8.42 Å². The molecule has 3 aliphatic rings. The molecule has 0 aromatic heterocycles. The van der Waals surface area contributed by atoms with E-state index in [1.807, 2.05) is 0 Å². The Kier molecular flexibility index (Phi) is 9.54. The van der Waals surface area contributed by atoms with Crippen LogP contribution in [0.2, 0.25) is 0 Å². The minimum Gasteiger partial charge on any atom is -0.508 e. The number of esters is 1. The minimum atomic E-state index is -3.65. The maximum absolute atomic E-state index is 13.4. The fraction of sp³-hybridized carbons (Fsp3) is 0.441. The van der Waals surface area contributed by atoms with Crippen LogP contribution in [0.1, 0.15) is 29.0 Å². The predicted octanol–water partition coefficient (Wildman–Crippen LogP) is 2.28. The number of aliphatic hydroxyl groups excluding tert-OH is 1. The number of phenols is 1. The van der Waals surface area contributed by atoms with Crippen LogP contribution < -0.4 is 14.2 Å². The molecule has 0 spiro atoms. The number of fused-ring (bicyclic) bond motifs is 3. The van der Waals surface area contributed by atoms with Crippen LogP contribution in [0.4, 0.5) is 0 Å². The van der Waals surface area contributed by atoms with Gasteiger partial charge in [0.2, 0.25) is 6.29 Å². The molecule has 8 atom stereocenters. The van der Waals surface area contributed by atoms with Gasteiger partial charge in [-0.1, -0.05) is 42.5 Å². The van der Waals surface area contributed by atoms with Crippen molar-refractivity contribution < 1.29 is 65.9 Å². The first-order chi connectivity index (χ1) is 23.4. The molecule has 2 aliphatic heterocycles.